The lowest BCUT2D eigenvalue weighted by molar-refractivity contribution is 0.289. The molecule has 2 aromatic carbocycles. The molecular weight excluding hydrogens is 284 g/mol. The second kappa shape index (κ2) is 6.68. The van der Waals surface area contributed by atoms with Gasteiger partial charge in [0.15, 0.2) is 0 Å². The monoisotopic (exact) mass is 297 g/mol. The van der Waals surface area contributed by atoms with Gasteiger partial charge in [0, 0.05) is 10.6 Å². The van der Waals surface area contributed by atoms with Gasteiger partial charge in [-0.1, -0.05) is 23.7 Å². The van der Waals surface area contributed by atoms with Crippen LogP contribution in [0.25, 0.3) is 0 Å². The number of nitrogens with two attached hydrogens (primary N) is 1. The van der Waals surface area contributed by atoms with Crippen molar-refractivity contribution in [2.24, 2.45) is 5.73 Å². The lowest BCUT2D eigenvalue weighted by Crippen LogP contribution is -2.07. The minimum atomic E-state index is -0.632. The van der Waals surface area contributed by atoms with E-state index < -0.39 is 11.6 Å². The molecule has 20 heavy (non-hydrogen) atoms. The van der Waals surface area contributed by atoms with Crippen LogP contribution in [0.2, 0.25) is 5.02 Å². The number of benzene rings is 2. The summed E-state index contributed by atoms with van der Waals surface area (Å²) < 4.78 is 32.5. The van der Waals surface area contributed by atoms with Crippen molar-refractivity contribution < 1.29 is 13.5 Å². The molecule has 5 heteroatoms. The Labute approximate surface area is 121 Å². The Hall–Kier alpha value is -1.65. The lowest BCUT2D eigenvalue weighted by Gasteiger charge is -2.13. The van der Waals surface area contributed by atoms with Gasteiger partial charge in [0.1, 0.15) is 24.0 Å². The summed E-state index contributed by atoms with van der Waals surface area (Å²) >= 11 is 6.07. The van der Waals surface area contributed by atoms with Crippen molar-refractivity contribution >= 4 is 11.6 Å². The molecule has 0 spiro atoms. The maximum Gasteiger partial charge on any atom is 0.132 e. The van der Waals surface area contributed by atoms with Crippen LogP contribution in [0.15, 0.2) is 36.4 Å². The van der Waals surface area contributed by atoms with Crippen LogP contribution in [0.1, 0.15) is 11.1 Å². The highest BCUT2D eigenvalue weighted by molar-refractivity contribution is 6.31. The molecule has 0 unspecified atom stereocenters. The Morgan fingerprint density at radius 3 is 2.30 bits per heavy atom. The van der Waals surface area contributed by atoms with Crippen LogP contribution in [0.3, 0.4) is 0 Å². The normalized spacial score (nSPS) is 10.6. The molecule has 0 aromatic heterocycles. The van der Waals surface area contributed by atoms with E-state index in [1.54, 1.807) is 18.2 Å². The third kappa shape index (κ3) is 3.26. The summed E-state index contributed by atoms with van der Waals surface area (Å²) in [6.45, 7) is 0.213. The predicted octanol–water partition coefficient (Wildman–Crippen LogP) is 3.70. The van der Waals surface area contributed by atoms with Gasteiger partial charge >= 0.3 is 0 Å². The highest BCUT2D eigenvalue weighted by Crippen LogP contribution is 2.28. The van der Waals surface area contributed by atoms with Crippen molar-refractivity contribution in [3.05, 3.63) is 64.2 Å². The first-order valence-electron chi connectivity index (χ1n) is 6.16. The molecule has 0 aliphatic carbocycles. The van der Waals surface area contributed by atoms with Crippen LogP contribution in [-0.4, -0.2) is 6.54 Å². The molecule has 0 atom stereocenters. The first-order chi connectivity index (χ1) is 9.63. The van der Waals surface area contributed by atoms with Crippen LogP contribution < -0.4 is 10.5 Å². The second-order valence-electron chi connectivity index (χ2n) is 4.24. The largest absolute Gasteiger partial charge is 0.488 e. The predicted molar refractivity (Wildman–Crippen MR) is 74.9 cm³/mol. The van der Waals surface area contributed by atoms with Crippen LogP contribution >= 0.6 is 11.6 Å². The molecular formula is C15H14ClF2NO. The highest BCUT2D eigenvalue weighted by Gasteiger charge is 2.12. The molecule has 0 amide bonds. The first-order valence-corrected chi connectivity index (χ1v) is 6.54. The quantitative estimate of drug-likeness (QED) is 0.913. The van der Waals surface area contributed by atoms with Crippen LogP contribution in [0, 0.1) is 11.6 Å². The maximum atomic E-state index is 13.5. The molecule has 2 N–H and O–H groups in total. The van der Waals surface area contributed by atoms with Crippen molar-refractivity contribution in [3.63, 3.8) is 0 Å². The summed E-state index contributed by atoms with van der Waals surface area (Å²) in [5.74, 6) is -0.773. The van der Waals surface area contributed by atoms with Crippen molar-refractivity contribution in [2.45, 2.75) is 13.0 Å². The number of hydrogen-bond acceptors (Lipinski definition) is 2. The molecule has 2 nitrogen and oxygen atoms in total. The van der Waals surface area contributed by atoms with Crippen molar-refractivity contribution in [1.82, 2.24) is 0 Å². The van der Waals surface area contributed by atoms with Gasteiger partial charge in [-0.3, -0.25) is 0 Å². The van der Waals surface area contributed by atoms with E-state index in [1.165, 1.54) is 18.2 Å². The van der Waals surface area contributed by atoms with Crippen LogP contribution in [0.4, 0.5) is 8.78 Å². The number of hydrogen-bond donors (Lipinski definition) is 1. The minimum absolute atomic E-state index is 0.105. The number of ether oxygens (including phenoxy) is 1. The fourth-order valence-corrected chi connectivity index (χ4v) is 2.14. The zero-order valence-corrected chi connectivity index (χ0v) is 11.5. The molecule has 2 rings (SSSR count). The zero-order valence-electron chi connectivity index (χ0n) is 10.7. The molecule has 0 bridgehead atoms. The Morgan fingerprint density at radius 2 is 1.65 bits per heavy atom. The van der Waals surface area contributed by atoms with Gasteiger partial charge in [0.25, 0.3) is 0 Å². The summed E-state index contributed by atoms with van der Waals surface area (Å²) in [5, 5.41) is 0.530. The van der Waals surface area contributed by atoms with Gasteiger partial charge in [-0.15, -0.1) is 0 Å². The van der Waals surface area contributed by atoms with E-state index in [0.29, 0.717) is 23.7 Å². The Balaban J connectivity index is 2.21. The van der Waals surface area contributed by atoms with Crippen LogP contribution in [0.5, 0.6) is 5.75 Å². The summed E-state index contributed by atoms with van der Waals surface area (Å²) in [5.41, 5.74) is 6.16. The Morgan fingerprint density at radius 1 is 1.00 bits per heavy atom. The fourth-order valence-electron chi connectivity index (χ4n) is 1.88. The highest BCUT2D eigenvalue weighted by atomic mass is 35.5. The summed E-state index contributed by atoms with van der Waals surface area (Å²) in [4.78, 5) is 0. The maximum absolute atomic E-state index is 13.5. The van der Waals surface area contributed by atoms with E-state index in [4.69, 9.17) is 22.1 Å². The van der Waals surface area contributed by atoms with E-state index in [0.717, 1.165) is 5.56 Å². The topological polar surface area (TPSA) is 35.2 Å². The minimum Gasteiger partial charge on any atom is -0.488 e. The summed E-state index contributed by atoms with van der Waals surface area (Å²) in [6.07, 6.45) is 0.536. The molecule has 0 heterocycles. The molecule has 0 saturated heterocycles. The number of halogens is 3. The lowest BCUT2D eigenvalue weighted by atomic mass is 10.1. The van der Waals surface area contributed by atoms with Gasteiger partial charge in [0.05, 0.1) is 5.56 Å². The Bertz CT molecular complexity index is 584. The van der Waals surface area contributed by atoms with Crippen LogP contribution in [-0.2, 0) is 13.0 Å². The molecule has 0 radical (unpaired) electrons. The first kappa shape index (κ1) is 14.8. The van der Waals surface area contributed by atoms with E-state index in [-0.39, 0.29) is 12.2 Å². The second-order valence-corrected chi connectivity index (χ2v) is 4.65. The van der Waals surface area contributed by atoms with Crippen molar-refractivity contribution in [3.8, 4) is 5.75 Å². The Kier molecular flexibility index (Phi) is 4.93. The van der Waals surface area contributed by atoms with Gasteiger partial charge in [0.2, 0.25) is 0 Å². The van der Waals surface area contributed by atoms with E-state index >= 15 is 0 Å². The zero-order chi connectivity index (χ0) is 14.5. The molecule has 2 aromatic rings. The van der Waals surface area contributed by atoms with Gasteiger partial charge < -0.3 is 10.5 Å². The number of rotatable bonds is 5. The van der Waals surface area contributed by atoms with E-state index in [2.05, 4.69) is 0 Å². The van der Waals surface area contributed by atoms with Gasteiger partial charge in [-0.25, -0.2) is 8.78 Å². The molecule has 0 fully saturated rings. The standard InChI is InChI=1S/C15H14ClF2NO/c16-12-3-1-6-15(10(12)7-8-19)20-9-11-13(17)4-2-5-14(11)18/h1-6H,7-9,19H2. The average molecular weight is 298 g/mol. The SMILES string of the molecule is NCCc1c(Cl)cccc1OCc1c(F)cccc1F. The smallest absolute Gasteiger partial charge is 0.132 e. The summed E-state index contributed by atoms with van der Waals surface area (Å²) in [7, 11) is 0. The van der Waals surface area contributed by atoms with Crippen molar-refractivity contribution in [2.75, 3.05) is 6.54 Å². The van der Waals surface area contributed by atoms with Crippen molar-refractivity contribution in [1.29, 1.82) is 0 Å². The summed E-state index contributed by atoms with van der Waals surface area (Å²) in [6, 6.07) is 8.85. The third-order valence-electron chi connectivity index (χ3n) is 2.90. The fraction of sp³-hybridized carbons (Fsp3) is 0.200. The van der Waals surface area contributed by atoms with E-state index in [1.807, 2.05) is 0 Å². The molecule has 0 aliphatic rings. The van der Waals surface area contributed by atoms with Gasteiger partial charge in [-0.05, 0) is 37.2 Å². The average Bonchev–Trinajstić information content (AvgIpc) is 2.42. The van der Waals surface area contributed by atoms with Gasteiger partial charge in [-0.2, -0.15) is 0 Å². The molecule has 106 valence electrons. The third-order valence-corrected chi connectivity index (χ3v) is 3.26. The molecule has 0 aliphatic heterocycles. The molecule has 0 saturated carbocycles. The van der Waals surface area contributed by atoms with E-state index in [9.17, 15) is 8.78 Å².